The van der Waals surface area contributed by atoms with Crippen LogP contribution in [-0.2, 0) is 9.84 Å². The number of hydrogen-bond acceptors (Lipinski definition) is 4. The number of nitrogens with one attached hydrogen (secondary N) is 1. The minimum absolute atomic E-state index is 0.259. The highest BCUT2D eigenvalue weighted by Crippen LogP contribution is 2.35. The van der Waals surface area contributed by atoms with Gasteiger partial charge in [0.15, 0.2) is 0 Å². The van der Waals surface area contributed by atoms with Crippen molar-refractivity contribution in [3.05, 3.63) is 24.0 Å². The standard InChI is InChI=1S/C13H18F4N2O2S/c1-9(6-7-19(2)3)18-11-5-4-10(14)8-12(11)22(20,21)13(15,16)17/h4-5,8-9,18H,6-7H2,1-3H3. The lowest BCUT2D eigenvalue weighted by Crippen LogP contribution is -2.27. The van der Waals surface area contributed by atoms with Gasteiger partial charge in [0.25, 0.3) is 9.84 Å². The normalized spacial score (nSPS) is 14.2. The van der Waals surface area contributed by atoms with Crippen LogP contribution in [0.4, 0.5) is 23.2 Å². The van der Waals surface area contributed by atoms with E-state index < -0.39 is 26.1 Å². The summed E-state index contributed by atoms with van der Waals surface area (Å²) in [5.41, 5.74) is -5.74. The zero-order valence-corrected chi connectivity index (χ0v) is 13.2. The van der Waals surface area contributed by atoms with E-state index in [1.165, 1.54) is 0 Å². The Kier molecular flexibility index (Phi) is 5.80. The molecular formula is C13H18F4N2O2S. The van der Waals surface area contributed by atoms with Crippen molar-refractivity contribution in [3.63, 3.8) is 0 Å². The van der Waals surface area contributed by atoms with Gasteiger partial charge in [-0.1, -0.05) is 0 Å². The second-order valence-electron chi connectivity index (χ2n) is 5.23. The van der Waals surface area contributed by atoms with Crippen LogP contribution in [0.1, 0.15) is 13.3 Å². The largest absolute Gasteiger partial charge is 0.501 e. The van der Waals surface area contributed by atoms with Gasteiger partial charge in [-0.25, -0.2) is 12.8 Å². The molecule has 1 aromatic rings. The molecule has 22 heavy (non-hydrogen) atoms. The number of halogens is 4. The molecule has 1 N–H and O–H groups in total. The Bertz CT molecular complexity index is 615. The van der Waals surface area contributed by atoms with E-state index in [2.05, 4.69) is 5.32 Å². The highest BCUT2D eigenvalue weighted by Gasteiger charge is 2.48. The van der Waals surface area contributed by atoms with Crippen molar-refractivity contribution in [2.45, 2.75) is 29.8 Å². The number of nitrogens with zero attached hydrogens (tertiary/aromatic N) is 1. The molecule has 1 unspecified atom stereocenters. The van der Waals surface area contributed by atoms with Crippen LogP contribution < -0.4 is 5.32 Å². The Labute approximate surface area is 127 Å². The Balaban J connectivity index is 3.12. The molecule has 0 aliphatic heterocycles. The lowest BCUT2D eigenvalue weighted by atomic mass is 10.2. The van der Waals surface area contributed by atoms with Crippen LogP contribution in [0.25, 0.3) is 0 Å². The van der Waals surface area contributed by atoms with Gasteiger partial charge in [-0.05, 0) is 52.2 Å². The van der Waals surface area contributed by atoms with Crippen molar-refractivity contribution in [1.29, 1.82) is 0 Å². The first-order chi connectivity index (χ1) is 9.95. The predicted octanol–water partition coefficient (Wildman–Crippen LogP) is 2.87. The Morgan fingerprint density at radius 2 is 1.86 bits per heavy atom. The first-order valence-electron chi connectivity index (χ1n) is 6.47. The van der Waals surface area contributed by atoms with E-state index in [1.54, 1.807) is 6.92 Å². The zero-order valence-electron chi connectivity index (χ0n) is 12.4. The van der Waals surface area contributed by atoms with E-state index in [4.69, 9.17) is 0 Å². The molecule has 0 heterocycles. The van der Waals surface area contributed by atoms with Crippen molar-refractivity contribution in [3.8, 4) is 0 Å². The molecule has 126 valence electrons. The maximum absolute atomic E-state index is 13.2. The monoisotopic (exact) mass is 342 g/mol. The number of hydrogen-bond donors (Lipinski definition) is 1. The molecule has 0 aromatic heterocycles. The lowest BCUT2D eigenvalue weighted by molar-refractivity contribution is -0.0435. The van der Waals surface area contributed by atoms with Crippen LogP contribution in [0.3, 0.4) is 0 Å². The molecule has 1 atom stereocenters. The average Bonchev–Trinajstić information content (AvgIpc) is 2.37. The maximum Gasteiger partial charge on any atom is 0.501 e. The van der Waals surface area contributed by atoms with Gasteiger partial charge in [0.1, 0.15) is 10.7 Å². The Morgan fingerprint density at radius 3 is 2.36 bits per heavy atom. The van der Waals surface area contributed by atoms with Gasteiger partial charge in [-0.15, -0.1) is 0 Å². The minimum Gasteiger partial charge on any atom is -0.381 e. The molecule has 0 saturated carbocycles. The molecule has 1 aromatic carbocycles. The fourth-order valence-electron chi connectivity index (χ4n) is 1.75. The molecule has 0 radical (unpaired) electrons. The second-order valence-corrected chi connectivity index (χ2v) is 7.14. The van der Waals surface area contributed by atoms with Gasteiger partial charge >= 0.3 is 5.51 Å². The van der Waals surface area contributed by atoms with Gasteiger partial charge < -0.3 is 10.2 Å². The summed E-state index contributed by atoms with van der Waals surface area (Å²) in [5.74, 6) is -1.05. The van der Waals surface area contributed by atoms with E-state index in [-0.39, 0.29) is 11.7 Å². The average molecular weight is 342 g/mol. The van der Waals surface area contributed by atoms with Gasteiger partial charge in [-0.2, -0.15) is 13.2 Å². The quantitative estimate of drug-likeness (QED) is 0.808. The number of rotatable bonds is 6. The van der Waals surface area contributed by atoms with Gasteiger partial charge in [0, 0.05) is 6.04 Å². The number of alkyl halides is 3. The molecule has 9 heteroatoms. The second kappa shape index (κ2) is 6.82. The van der Waals surface area contributed by atoms with Crippen molar-refractivity contribution in [1.82, 2.24) is 4.90 Å². The highest BCUT2D eigenvalue weighted by molar-refractivity contribution is 7.92. The van der Waals surface area contributed by atoms with Crippen LogP contribution in [-0.4, -0.2) is 45.5 Å². The highest BCUT2D eigenvalue weighted by atomic mass is 32.2. The summed E-state index contributed by atoms with van der Waals surface area (Å²) in [5, 5.41) is 2.70. The van der Waals surface area contributed by atoms with Crippen LogP contribution in [0.5, 0.6) is 0 Å². The number of sulfone groups is 1. The van der Waals surface area contributed by atoms with Gasteiger partial charge in [-0.3, -0.25) is 0 Å². The third-order valence-corrected chi connectivity index (χ3v) is 4.48. The molecule has 4 nitrogen and oxygen atoms in total. The summed E-state index contributed by atoms with van der Waals surface area (Å²) in [7, 11) is -1.94. The maximum atomic E-state index is 13.2. The summed E-state index contributed by atoms with van der Waals surface area (Å²) in [6.07, 6.45) is 0.579. The Morgan fingerprint density at radius 1 is 1.27 bits per heavy atom. The molecule has 0 fully saturated rings. The summed E-state index contributed by atoms with van der Waals surface area (Å²) < 4.78 is 74.3. The van der Waals surface area contributed by atoms with Crippen molar-refractivity contribution < 1.29 is 26.0 Å². The molecule has 0 aliphatic rings. The topological polar surface area (TPSA) is 49.4 Å². The van der Waals surface area contributed by atoms with Crippen LogP contribution in [0, 0.1) is 5.82 Å². The predicted molar refractivity (Wildman–Crippen MR) is 75.9 cm³/mol. The summed E-state index contributed by atoms with van der Waals surface area (Å²) >= 11 is 0. The summed E-state index contributed by atoms with van der Waals surface area (Å²) in [4.78, 5) is 0.785. The van der Waals surface area contributed by atoms with Crippen molar-refractivity contribution >= 4 is 15.5 Å². The van der Waals surface area contributed by atoms with E-state index in [0.717, 1.165) is 12.1 Å². The minimum atomic E-state index is -5.62. The first kappa shape index (κ1) is 18.7. The fraction of sp³-hybridized carbons (Fsp3) is 0.538. The molecule has 0 aliphatic carbocycles. The zero-order chi connectivity index (χ0) is 17.1. The number of anilines is 1. The molecule has 0 saturated heterocycles. The third kappa shape index (κ3) is 4.57. The van der Waals surface area contributed by atoms with Gasteiger partial charge in [0.05, 0.1) is 5.69 Å². The summed E-state index contributed by atoms with van der Waals surface area (Å²) in [6.45, 7) is 2.37. The van der Waals surface area contributed by atoms with Crippen LogP contribution in [0.2, 0.25) is 0 Å². The van der Waals surface area contributed by atoms with E-state index in [9.17, 15) is 26.0 Å². The van der Waals surface area contributed by atoms with E-state index in [1.807, 2.05) is 19.0 Å². The van der Waals surface area contributed by atoms with Crippen LogP contribution >= 0.6 is 0 Å². The molecule has 0 amide bonds. The van der Waals surface area contributed by atoms with Gasteiger partial charge in [0.2, 0.25) is 0 Å². The summed E-state index contributed by atoms with van der Waals surface area (Å²) in [6, 6.07) is 2.01. The fourth-order valence-corrected chi connectivity index (χ4v) is 2.69. The SMILES string of the molecule is CC(CCN(C)C)Nc1ccc(F)cc1S(=O)(=O)C(F)(F)F. The number of benzene rings is 1. The van der Waals surface area contributed by atoms with Crippen LogP contribution in [0.15, 0.2) is 23.1 Å². The van der Waals surface area contributed by atoms with E-state index >= 15 is 0 Å². The van der Waals surface area contributed by atoms with Crippen molar-refractivity contribution in [2.24, 2.45) is 0 Å². The molecule has 0 bridgehead atoms. The Hall–Kier alpha value is -1.35. The molecule has 0 spiro atoms. The third-order valence-electron chi connectivity index (χ3n) is 2.95. The smallest absolute Gasteiger partial charge is 0.381 e. The molecular weight excluding hydrogens is 324 g/mol. The van der Waals surface area contributed by atoms with E-state index in [0.29, 0.717) is 19.0 Å². The molecule has 1 rings (SSSR count). The van der Waals surface area contributed by atoms with Crippen molar-refractivity contribution in [2.75, 3.05) is 26.0 Å². The lowest BCUT2D eigenvalue weighted by Gasteiger charge is -2.20. The first-order valence-corrected chi connectivity index (χ1v) is 7.95.